The van der Waals surface area contributed by atoms with Crippen molar-refractivity contribution >= 4 is 11.6 Å². The Morgan fingerprint density at radius 1 is 1.00 bits per heavy atom. The summed E-state index contributed by atoms with van der Waals surface area (Å²) in [5.41, 5.74) is 5.09. The van der Waals surface area contributed by atoms with Gasteiger partial charge in [0, 0.05) is 6.42 Å². The number of unbranched alkanes of at least 4 members (excludes halogenated alkanes) is 2. The summed E-state index contributed by atoms with van der Waals surface area (Å²) in [5, 5.41) is 8.81. The number of amides is 1. The third-order valence-corrected chi connectivity index (χ3v) is 5.89. The lowest BCUT2D eigenvalue weighted by atomic mass is 9.78. The fraction of sp³-hybridized carbons (Fsp3) is 0.360. The zero-order valence-corrected chi connectivity index (χ0v) is 17.0. The van der Waals surface area contributed by atoms with Crippen LogP contribution < -0.4 is 0 Å². The molecule has 0 saturated carbocycles. The van der Waals surface area contributed by atoms with Gasteiger partial charge in [-0.3, -0.25) is 4.79 Å². The van der Waals surface area contributed by atoms with E-state index in [4.69, 9.17) is 5.26 Å². The minimum absolute atomic E-state index is 0.168. The van der Waals surface area contributed by atoms with Gasteiger partial charge in [0.1, 0.15) is 0 Å². The molecule has 1 atom stereocenters. The molecule has 0 fully saturated rings. The standard InChI is InChI=1S/C25H28N2O/c1-19-12-14-21(15-13-19)18-27-23(22-10-6-4-7-11-22)20(2)25(3,24(27)28)16-8-5-9-17-26/h4,6-7,10-15H,5,8-9,16,18H2,1-3H3. The fourth-order valence-corrected chi connectivity index (χ4v) is 4.00. The van der Waals surface area contributed by atoms with E-state index in [1.807, 2.05) is 23.1 Å². The van der Waals surface area contributed by atoms with Crippen molar-refractivity contribution in [3.05, 3.63) is 76.9 Å². The second-order valence-electron chi connectivity index (χ2n) is 7.91. The van der Waals surface area contributed by atoms with E-state index in [9.17, 15) is 4.79 Å². The molecule has 28 heavy (non-hydrogen) atoms. The van der Waals surface area contributed by atoms with Crippen molar-refractivity contribution in [1.29, 1.82) is 5.26 Å². The Bertz CT molecular complexity index is 906. The number of aryl methyl sites for hydroxylation is 1. The average molecular weight is 373 g/mol. The van der Waals surface area contributed by atoms with Gasteiger partial charge >= 0.3 is 0 Å². The summed E-state index contributed by atoms with van der Waals surface area (Å²) in [5.74, 6) is 0.168. The Morgan fingerprint density at radius 3 is 2.32 bits per heavy atom. The molecule has 0 spiro atoms. The van der Waals surface area contributed by atoms with Gasteiger partial charge < -0.3 is 4.90 Å². The average Bonchev–Trinajstić information content (AvgIpc) is 2.89. The first-order valence-electron chi connectivity index (χ1n) is 9.98. The van der Waals surface area contributed by atoms with Crippen LogP contribution in [0, 0.1) is 23.7 Å². The van der Waals surface area contributed by atoms with Crippen molar-refractivity contribution in [2.75, 3.05) is 0 Å². The van der Waals surface area contributed by atoms with Crippen LogP contribution in [0.25, 0.3) is 5.70 Å². The normalized spacial score (nSPS) is 19.2. The molecular formula is C25H28N2O. The molecule has 0 saturated heterocycles. The molecule has 1 aliphatic rings. The van der Waals surface area contributed by atoms with Gasteiger partial charge in [-0.2, -0.15) is 5.26 Å². The number of rotatable bonds is 7. The van der Waals surface area contributed by atoms with Crippen molar-refractivity contribution in [3.8, 4) is 6.07 Å². The van der Waals surface area contributed by atoms with Crippen LogP contribution in [0.3, 0.4) is 0 Å². The highest BCUT2D eigenvalue weighted by molar-refractivity contribution is 6.00. The largest absolute Gasteiger partial charge is 0.307 e. The molecule has 2 aromatic carbocycles. The fourth-order valence-electron chi connectivity index (χ4n) is 4.00. The van der Waals surface area contributed by atoms with Gasteiger partial charge in [0.05, 0.1) is 23.7 Å². The maximum Gasteiger partial charge on any atom is 0.237 e. The number of nitrogens with zero attached hydrogens (tertiary/aromatic N) is 2. The molecular weight excluding hydrogens is 344 g/mol. The maximum absolute atomic E-state index is 13.6. The van der Waals surface area contributed by atoms with Crippen LogP contribution in [0.2, 0.25) is 0 Å². The van der Waals surface area contributed by atoms with Gasteiger partial charge in [-0.15, -0.1) is 0 Å². The smallest absolute Gasteiger partial charge is 0.237 e. The van der Waals surface area contributed by atoms with Crippen molar-refractivity contribution < 1.29 is 4.79 Å². The van der Waals surface area contributed by atoms with Gasteiger partial charge in [-0.25, -0.2) is 0 Å². The van der Waals surface area contributed by atoms with Gasteiger partial charge in [-0.1, -0.05) is 66.6 Å². The zero-order valence-electron chi connectivity index (χ0n) is 17.0. The third kappa shape index (κ3) is 3.87. The summed E-state index contributed by atoms with van der Waals surface area (Å²) in [4.78, 5) is 15.5. The topological polar surface area (TPSA) is 44.1 Å². The van der Waals surface area contributed by atoms with Gasteiger partial charge in [0.25, 0.3) is 0 Å². The van der Waals surface area contributed by atoms with Crippen molar-refractivity contribution in [1.82, 2.24) is 4.90 Å². The lowest BCUT2D eigenvalue weighted by Crippen LogP contribution is -2.34. The van der Waals surface area contributed by atoms with Crippen LogP contribution in [0.15, 0.2) is 60.2 Å². The number of benzene rings is 2. The highest BCUT2D eigenvalue weighted by Crippen LogP contribution is 2.47. The molecule has 1 aliphatic heterocycles. The van der Waals surface area contributed by atoms with Crippen LogP contribution >= 0.6 is 0 Å². The molecule has 1 heterocycles. The quantitative estimate of drug-likeness (QED) is 0.571. The van der Waals surface area contributed by atoms with Crippen LogP contribution in [-0.2, 0) is 11.3 Å². The Labute approximate surface area is 168 Å². The highest BCUT2D eigenvalue weighted by atomic mass is 16.2. The lowest BCUT2D eigenvalue weighted by Gasteiger charge is -2.26. The molecule has 2 aromatic rings. The Kier molecular flexibility index (Phi) is 5.99. The number of hydrogen-bond donors (Lipinski definition) is 0. The molecule has 3 nitrogen and oxygen atoms in total. The van der Waals surface area contributed by atoms with Crippen LogP contribution in [0.1, 0.15) is 56.2 Å². The third-order valence-electron chi connectivity index (χ3n) is 5.89. The summed E-state index contributed by atoms with van der Waals surface area (Å²) in [6.45, 7) is 6.81. The van der Waals surface area contributed by atoms with E-state index < -0.39 is 5.41 Å². The van der Waals surface area contributed by atoms with E-state index in [0.717, 1.165) is 41.7 Å². The van der Waals surface area contributed by atoms with Gasteiger partial charge in [-0.05, 0) is 50.3 Å². The van der Waals surface area contributed by atoms with Crippen LogP contribution in [0.5, 0.6) is 0 Å². The molecule has 1 unspecified atom stereocenters. The molecule has 0 N–H and O–H groups in total. The van der Waals surface area contributed by atoms with Gasteiger partial charge in [0.2, 0.25) is 5.91 Å². The Balaban J connectivity index is 1.96. The monoisotopic (exact) mass is 372 g/mol. The highest BCUT2D eigenvalue weighted by Gasteiger charge is 2.46. The number of carbonyl (C=O) groups excluding carboxylic acids is 1. The molecule has 144 valence electrons. The van der Waals surface area contributed by atoms with E-state index in [-0.39, 0.29) is 5.91 Å². The molecule has 0 radical (unpaired) electrons. The molecule has 0 bridgehead atoms. The first-order valence-corrected chi connectivity index (χ1v) is 9.98. The summed E-state index contributed by atoms with van der Waals surface area (Å²) < 4.78 is 0. The minimum Gasteiger partial charge on any atom is -0.307 e. The van der Waals surface area contributed by atoms with Gasteiger partial charge in [0.15, 0.2) is 0 Å². The van der Waals surface area contributed by atoms with Crippen LogP contribution in [-0.4, -0.2) is 10.8 Å². The van der Waals surface area contributed by atoms with E-state index in [1.165, 1.54) is 5.56 Å². The lowest BCUT2D eigenvalue weighted by molar-refractivity contribution is -0.134. The van der Waals surface area contributed by atoms with Crippen molar-refractivity contribution in [2.45, 2.75) is 53.0 Å². The molecule has 3 heteroatoms. The predicted octanol–water partition coefficient (Wildman–Crippen LogP) is 5.86. The van der Waals surface area contributed by atoms with E-state index in [1.54, 1.807) is 0 Å². The number of nitriles is 1. The molecule has 0 aliphatic carbocycles. The van der Waals surface area contributed by atoms with E-state index >= 15 is 0 Å². The van der Waals surface area contributed by atoms with E-state index in [2.05, 4.69) is 63.2 Å². The first kappa shape index (κ1) is 19.9. The summed E-state index contributed by atoms with van der Waals surface area (Å²) in [7, 11) is 0. The summed E-state index contributed by atoms with van der Waals surface area (Å²) >= 11 is 0. The molecule has 0 aromatic heterocycles. The number of carbonyl (C=O) groups is 1. The van der Waals surface area contributed by atoms with Crippen molar-refractivity contribution in [2.24, 2.45) is 5.41 Å². The second-order valence-corrected chi connectivity index (χ2v) is 7.91. The SMILES string of the molecule is CC1=C(c2ccccc2)N(Cc2ccc(C)cc2)C(=O)C1(C)CCCCC#N. The first-order chi connectivity index (χ1) is 13.5. The Morgan fingerprint density at radius 2 is 1.68 bits per heavy atom. The summed E-state index contributed by atoms with van der Waals surface area (Å²) in [6.07, 6.45) is 3.05. The molecule has 1 amide bonds. The summed E-state index contributed by atoms with van der Waals surface area (Å²) in [6, 6.07) is 20.8. The minimum atomic E-state index is -0.509. The van der Waals surface area contributed by atoms with Crippen LogP contribution in [0.4, 0.5) is 0 Å². The Hall–Kier alpha value is -2.86. The second kappa shape index (κ2) is 8.44. The zero-order chi connectivity index (χ0) is 20.1. The maximum atomic E-state index is 13.6. The van der Waals surface area contributed by atoms with Crippen molar-refractivity contribution in [3.63, 3.8) is 0 Å². The predicted molar refractivity (Wildman–Crippen MR) is 113 cm³/mol. The van der Waals surface area contributed by atoms with E-state index in [0.29, 0.717) is 13.0 Å². The molecule has 3 rings (SSSR count). The number of hydrogen-bond acceptors (Lipinski definition) is 2.